The molecule has 0 aliphatic heterocycles. The van der Waals surface area contributed by atoms with E-state index in [1.165, 1.54) is 122 Å². The second-order valence-electron chi connectivity index (χ2n) is 10.1. The molecular weight excluding hydrogens is 510 g/mol. The third-order valence-corrected chi connectivity index (χ3v) is 8.78. The Balaban J connectivity index is 1.24. The first-order chi connectivity index (χ1) is 17.3. The Morgan fingerprint density at radius 2 is 1.23 bits per heavy atom. The van der Waals surface area contributed by atoms with Gasteiger partial charge in [-0.05, 0) is 53.8 Å². The topological polar surface area (TPSA) is 4.93 Å². The minimum Gasteiger partial charge on any atom is -0.340 e. The van der Waals surface area contributed by atoms with Crippen molar-refractivity contribution in [2.24, 2.45) is 0 Å². The molecule has 0 spiro atoms. The minimum atomic E-state index is 1.11. The Kier molecular flexibility index (Phi) is 10.8. The van der Waals surface area contributed by atoms with Gasteiger partial charge in [0.15, 0.2) is 0 Å². The maximum absolute atomic E-state index is 3.70. The van der Waals surface area contributed by atoms with Crippen molar-refractivity contribution in [3.8, 4) is 10.4 Å². The molecule has 0 radical (unpaired) electrons. The maximum atomic E-state index is 3.70. The Bertz CT molecular complexity index is 1160. The standard InChI is InChI=1S/C32H42BrNS/c1-2-3-4-5-6-7-8-9-10-11-12-13-14-15-22-34-30-20-18-26(32-17-16-23-35-32)24-28(30)29-25-27(33)19-21-31(29)34/h16-21,23-25H,2-15,22H2,1H3. The fourth-order valence-electron chi connectivity index (χ4n) is 5.38. The van der Waals surface area contributed by atoms with Gasteiger partial charge in [-0.25, -0.2) is 0 Å². The van der Waals surface area contributed by atoms with Crippen molar-refractivity contribution in [2.75, 3.05) is 0 Å². The van der Waals surface area contributed by atoms with Crippen LogP contribution in [0.4, 0.5) is 0 Å². The molecule has 3 heteroatoms. The fraction of sp³-hybridized carbons (Fsp3) is 0.500. The van der Waals surface area contributed by atoms with Crippen molar-refractivity contribution in [3.63, 3.8) is 0 Å². The van der Waals surface area contributed by atoms with Gasteiger partial charge in [0.25, 0.3) is 0 Å². The van der Waals surface area contributed by atoms with Gasteiger partial charge in [0.1, 0.15) is 0 Å². The molecule has 0 bridgehead atoms. The summed E-state index contributed by atoms with van der Waals surface area (Å²) in [6, 6.07) is 18.1. The molecule has 188 valence electrons. The molecule has 0 amide bonds. The number of aromatic nitrogens is 1. The molecule has 0 N–H and O–H groups in total. The van der Waals surface area contributed by atoms with Crippen molar-refractivity contribution < 1.29 is 0 Å². The zero-order valence-corrected chi connectivity index (χ0v) is 23.9. The first kappa shape index (κ1) is 26.5. The van der Waals surface area contributed by atoms with Gasteiger partial charge in [-0.1, -0.05) is 118 Å². The molecule has 0 fully saturated rings. The van der Waals surface area contributed by atoms with E-state index in [9.17, 15) is 0 Å². The highest BCUT2D eigenvalue weighted by Gasteiger charge is 2.12. The van der Waals surface area contributed by atoms with Crippen LogP contribution in [0.15, 0.2) is 58.4 Å². The van der Waals surface area contributed by atoms with Crippen molar-refractivity contribution in [1.82, 2.24) is 4.57 Å². The normalized spacial score (nSPS) is 11.7. The van der Waals surface area contributed by atoms with Gasteiger partial charge in [-0.2, -0.15) is 0 Å². The highest BCUT2D eigenvalue weighted by Crippen LogP contribution is 2.35. The molecule has 4 rings (SSSR count). The van der Waals surface area contributed by atoms with E-state index in [0.717, 1.165) is 11.0 Å². The number of benzene rings is 2. The van der Waals surface area contributed by atoms with Crippen LogP contribution in [0.25, 0.3) is 32.2 Å². The predicted octanol–water partition coefficient (Wildman–Crippen LogP) is 11.8. The maximum Gasteiger partial charge on any atom is 0.0492 e. The lowest BCUT2D eigenvalue weighted by atomic mass is 10.0. The molecule has 0 saturated carbocycles. The first-order valence-corrected chi connectivity index (χ1v) is 15.7. The van der Waals surface area contributed by atoms with Crippen molar-refractivity contribution >= 4 is 49.1 Å². The molecule has 0 atom stereocenters. The largest absolute Gasteiger partial charge is 0.340 e. The zero-order chi connectivity index (χ0) is 24.3. The molecule has 0 aliphatic rings. The van der Waals surface area contributed by atoms with E-state index >= 15 is 0 Å². The van der Waals surface area contributed by atoms with Gasteiger partial charge in [0, 0.05) is 37.7 Å². The van der Waals surface area contributed by atoms with E-state index in [2.05, 4.69) is 81.3 Å². The fourth-order valence-corrected chi connectivity index (χ4v) is 6.46. The van der Waals surface area contributed by atoms with Crippen LogP contribution >= 0.6 is 27.3 Å². The van der Waals surface area contributed by atoms with Crippen molar-refractivity contribution in [1.29, 1.82) is 0 Å². The summed E-state index contributed by atoms with van der Waals surface area (Å²) in [5, 5.41) is 4.89. The van der Waals surface area contributed by atoms with Crippen molar-refractivity contribution in [3.05, 3.63) is 58.4 Å². The highest BCUT2D eigenvalue weighted by molar-refractivity contribution is 9.10. The summed E-state index contributed by atoms with van der Waals surface area (Å²) in [4.78, 5) is 1.34. The van der Waals surface area contributed by atoms with Gasteiger partial charge in [-0.15, -0.1) is 11.3 Å². The second-order valence-corrected chi connectivity index (χ2v) is 12.0. The third-order valence-electron chi connectivity index (χ3n) is 7.37. The molecule has 2 aromatic heterocycles. The first-order valence-electron chi connectivity index (χ1n) is 14.0. The molecule has 1 nitrogen and oxygen atoms in total. The molecular formula is C32H42BrNS. The van der Waals surface area contributed by atoms with Crippen LogP contribution in [0.5, 0.6) is 0 Å². The Labute approximate surface area is 225 Å². The number of aryl methyl sites for hydroxylation is 1. The summed E-state index contributed by atoms with van der Waals surface area (Å²) in [7, 11) is 0. The molecule has 2 heterocycles. The van der Waals surface area contributed by atoms with Gasteiger partial charge >= 0.3 is 0 Å². The Hall–Kier alpha value is -1.58. The number of thiophene rings is 1. The molecule has 0 aliphatic carbocycles. The Morgan fingerprint density at radius 3 is 1.83 bits per heavy atom. The number of halogens is 1. The number of unbranched alkanes of at least 4 members (excludes halogenated alkanes) is 13. The average molecular weight is 553 g/mol. The van der Waals surface area contributed by atoms with Crippen LogP contribution in [-0.4, -0.2) is 4.57 Å². The zero-order valence-electron chi connectivity index (χ0n) is 21.5. The van der Waals surface area contributed by atoms with Gasteiger partial charge in [0.05, 0.1) is 0 Å². The lowest BCUT2D eigenvalue weighted by Gasteiger charge is -2.08. The number of hydrogen-bond acceptors (Lipinski definition) is 1. The summed E-state index contributed by atoms with van der Waals surface area (Å²) >= 11 is 5.51. The number of hydrogen-bond donors (Lipinski definition) is 0. The molecule has 4 aromatic rings. The molecule has 35 heavy (non-hydrogen) atoms. The summed E-state index contributed by atoms with van der Waals surface area (Å²) in [6.07, 6.45) is 19.7. The molecule has 2 aromatic carbocycles. The quantitative estimate of drug-likeness (QED) is 0.122. The van der Waals surface area contributed by atoms with E-state index in [1.807, 2.05) is 11.3 Å². The number of fused-ring (bicyclic) bond motifs is 3. The predicted molar refractivity (Wildman–Crippen MR) is 161 cm³/mol. The van der Waals surface area contributed by atoms with E-state index in [-0.39, 0.29) is 0 Å². The van der Waals surface area contributed by atoms with Crippen LogP contribution in [0.2, 0.25) is 0 Å². The summed E-state index contributed by atoms with van der Waals surface area (Å²) in [5.74, 6) is 0. The summed E-state index contributed by atoms with van der Waals surface area (Å²) in [5.41, 5.74) is 4.05. The second kappa shape index (κ2) is 14.2. The van der Waals surface area contributed by atoms with E-state index < -0.39 is 0 Å². The van der Waals surface area contributed by atoms with Crippen LogP contribution in [0, 0.1) is 0 Å². The SMILES string of the molecule is CCCCCCCCCCCCCCCCn1c2ccc(Br)cc2c2cc(-c3cccs3)ccc21. The van der Waals surface area contributed by atoms with E-state index in [0.29, 0.717) is 0 Å². The third kappa shape index (κ3) is 7.46. The Morgan fingerprint density at radius 1 is 0.657 bits per heavy atom. The number of rotatable bonds is 16. The monoisotopic (exact) mass is 551 g/mol. The molecule has 0 unspecified atom stereocenters. The van der Waals surface area contributed by atoms with Gasteiger partial charge in [0.2, 0.25) is 0 Å². The van der Waals surface area contributed by atoms with E-state index in [4.69, 9.17) is 0 Å². The van der Waals surface area contributed by atoms with E-state index in [1.54, 1.807) is 0 Å². The summed E-state index contributed by atoms with van der Waals surface area (Å²) in [6.45, 7) is 3.41. The van der Waals surface area contributed by atoms with Gasteiger partial charge < -0.3 is 4.57 Å². The summed E-state index contributed by atoms with van der Waals surface area (Å²) < 4.78 is 3.71. The smallest absolute Gasteiger partial charge is 0.0492 e. The lowest BCUT2D eigenvalue weighted by Crippen LogP contribution is -1.97. The number of nitrogens with zero attached hydrogens (tertiary/aromatic N) is 1. The highest BCUT2D eigenvalue weighted by atomic mass is 79.9. The average Bonchev–Trinajstić information content (AvgIpc) is 3.51. The van der Waals surface area contributed by atoms with Crippen molar-refractivity contribution in [2.45, 2.75) is 103 Å². The lowest BCUT2D eigenvalue weighted by molar-refractivity contribution is 0.528. The van der Waals surface area contributed by atoms with Crippen LogP contribution in [0.1, 0.15) is 96.8 Å². The van der Waals surface area contributed by atoms with Crippen LogP contribution in [0.3, 0.4) is 0 Å². The molecule has 0 saturated heterocycles. The van der Waals surface area contributed by atoms with Crippen LogP contribution in [-0.2, 0) is 6.54 Å². The van der Waals surface area contributed by atoms with Crippen LogP contribution < -0.4 is 0 Å². The minimum absolute atomic E-state index is 1.11. The van der Waals surface area contributed by atoms with Gasteiger partial charge in [-0.3, -0.25) is 0 Å².